The number of hydrogen-bond donors (Lipinski definition) is 0. The molecular weight excluding hydrogens is 184 g/mol. The Bertz CT molecular complexity index is 430. The van der Waals surface area contributed by atoms with E-state index in [-0.39, 0.29) is 10.9 Å². The van der Waals surface area contributed by atoms with Gasteiger partial charge in [-0.3, -0.25) is 0 Å². The molecule has 0 saturated heterocycles. The molecule has 2 nitrogen and oxygen atoms in total. The minimum atomic E-state index is -3.39. The highest BCUT2D eigenvalue weighted by Crippen LogP contribution is 2.23. The second kappa shape index (κ2) is 3.14. The molecule has 1 rings (SSSR count). The van der Waals surface area contributed by atoms with Gasteiger partial charge in [-0.15, -0.1) is 0 Å². The van der Waals surface area contributed by atoms with E-state index < -0.39 is 14.6 Å². The third-order valence-electron chi connectivity index (χ3n) is 1.78. The zero-order chi connectivity index (χ0) is 11.0. The summed E-state index contributed by atoms with van der Waals surface area (Å²) in [5.74, 6) is 0. The van der Waals surface area contributed by atoms with E-state index in [0.717, 1.165) is 0 Å². The van der Waals surface area contributed by atoms with E-state index in [4.69, 9.17) is 1.37 Å². The van der Waals surface area contributed by atoms with Crippen LogP contribution in [-0.2, 0) is 9.84 Å². The van der Waals surface area contributed by atoms with Crippen LogP contribution in [0, 0.1) is 0 Å². The van der Waals surface area contributed by atoms with Crippen molar-refractivity contribution >= 4 is 9.84 Å². The Labute approximate surface area is 80.9 Å². The minimum absolute atomic E-state index is 0.0578. The van der Waals surface area contributed by atoms with Crippen molar-refractivity contribution in [3.63, 3.8) is 0 Å². The van der Waals surface area contributed by atoms with E-state index in [1.54, 1.807) is 32.9 Å². The molecule has 1 aromatic rings. The van der Waals surface area contributed by atoms with Gasteiger partial charge in [-0.1, -0.05) is 18.2 Å². The predicted molar refractivity (Wildman–Crippen MR) is 53.4 cm³/mol. The van der Waals surface area contributed by atoms with E-state index in [0.29, 0.717) is 0 Å². The van der Waals surface area contributed by atoms with Gasteiger partial charge >= 0.3 is 0 Å². The molecule has 0 atom stereocenters. The van der Waals surface area contributed by atoms with Crippen molar-refractivity contribution in [1.29, 1.82) is 0 Å². The second-order valence-electron chi connectivity index (χ2n) is 3.84. The molecule has 0 N–H and O–H groups in total. The lowest BCUT2D eigenvalue weighted by molar-refractivity contribution is 0.560. The van der Waals surface area contributed by atoms with Crippen LogP contribution in [0.1, 0.15) is 22.1 Å². The second-order valence-corrected chi connectivity index (χ2v) is 6.51. The molecule has 0 unspecified atom stereocenters. The van der Waals surface area contributed by atoms with Crippen LogP contribution in [-0.4, -0.2) is 13.2 Å². The summed E-state index contributed by atoms with van der Waals surface area (Å²) in [6.45, 7) is 4.90. The lowest BCUT2D eigenvalue weighted by Gasteiger charge is -2.18. The number of benzene rings is 1. The molecule has 0 saturated carbocycles. The molecule has 1 aromatic carbocycles. The first-order valence-electron chi connectivity index (χ1n) is 4.57. The van der Waals surface area contributed by atoms with Crippen LogP contribution in [0.5, 0.6) is 0 Å². The average Bonchev–Trinajstić information content (AvgIpc) is 2.02. The van der Waals surface area contributed by atoms with Gasteiger partial charge in [-0.25, -0.2) is 8.42 Å². The Balaban J connectivity index is 3.40. The maximum absolute atomic E-state index is 12.0. The molecular formula is C10H14O2S. The van der Waals surface area contributed by atoms with Gasteiger partial charge in [-0.05, 0) is 32.9 Å². The molecule has 13 heavy (non-hydrogen) atoms. The van der Waals surface area contributed by atoms with Crippen molar-refractivity contribution in [2.24, 2.45) is 0 Å². The standard InChI is InChI=1S/C10H14O2S/c1-10(2,3)13(11,12)9-7-5-4-6-8-9/h4-8H,1-3H3/i7D. The van der Waals surface area contributed by atoms with Gasteiger partial charge in [0, 0.05) is 0 Å². The molecule has 0 bridgehead atoms. The van der Waals surface area contributed by atoms with E-state index in [1.165, 1.54) is 12.1 Å². The Morgan fingerprint density at radius 3 is 2.31 bits per heavy atom. The normalized spacial score (nSPS) is 13.9. The first-order chi connectivity index (χ1) is 6.27. The molecule has 0 radical (unpaired) electrons. The molecule has 0 aliphatic rings. The predicted octanol–water partition coefficient (Wildman–Crippen LogP) is 2.26. The smallest absolute Gasteiger partial charge is 0.183 e. The summed E-state index contributed by atoms with van der Waals surface area (Å²) < 4.78 is 30.6. The molecule has 0 heterocycles. The molecule has 0 aliphatic heterocycles. The van der Waals surface area contributed by atoms with Crippen molar-refractivity contribution in [3.05, 3.63) is 30.3 Å². The zero-order valence-corrected chi connectivity index (χ0v) is 8.85. The van der Waals surface area contributed by atoms with Crippen molar-refractivity contribution < 1.29 is 9.79 Å². The van der Waals surface area contributed by atoms with Crippen molar-refractivity contribution in [2.75, 3.05) is 0 Å². The topological polar surface area (TPSA) is 34.1 Å². The van der Waals surface area contributed by atoms with E-state index >= 15 is 0 Å². The highest BCUT2D eigenvalue weighted by Gasteiger charge is 2.30. The molecule has 0 spiro atoms. The van der Waals surface area contributed by atoms with E-state index in [1.807, 2.05) is 0 Å². The summed E-state index contributed by atoms with van der Waals surface area (Å²) >= 11 is 0. The fraction of sp³-hybridized carbons (Fsp3) is 0.400. The fourth-order valence-corrected chi connectivity index (χ4v) is 2.01. The largest absolute Gasteiger partial charge is 0.223 e. The number of sulfone groups is 1. The lowest BCUT2D eigenvalue weighted by atomic mass is 10.3. The molecule has 72 valence electrons. The average molecular weight is 199 g/mol. The maximum atomic E-state index is 12.0. The molecule has 0 aromatic heterocycles. The van der Waals surface area contributed by atoms with Gasteiger partial charge in [0.25, 0.3) is 0 Å². The van der Waals surface area contributed by atoms with Crippen LogP contribution in [0.4, 0.5) is 0 Å². The summed E-state index contributed by atoms with van der Waals surface area (Å²) in [4.78, 5) is 0.104. The first-order valence-corrected chi connectivity index (χ1v) is 5.55. The van der Waals surface area contributed by atoms with Crippen molar-refractivity contribution in [3.8, 4) is 0 Å². The Morgan fingerprint density at radius 1 is 1.23 bits per heavy atom. The summed E-state index contributed by atoms with van der Waals surface area (Å²) in [5, 5.41) is 0. The van der Waals surface area contributed by atoms with Crippen LogP contribution in [0.15, 0.2) is 35.2 Å². The van der Waals surface area contributed by atoms with Crippen LogP contribution in [0.2, 0.25) is 0 Å². The van der Waals surface area contributed by atoms with Gasteiger partial charge < -0.3 is 0 Å². The highest BCUT2D eigenvalue weighted by molar-refractivity contribution is 7.92. The maximum Gasteiger partial charge on any atom is 0.183 e. The molecule has 0 amide bonds. The molecule has 0 aliphatic carbocycles. The lowest BCUT2D eigenvalue weighted by Crippen LogP contribution is -2.27. The molecule has 0 fully saturated rings. The highest BCUT2D eigenvalue weighted by atomic mass is 32.2. The van der Waals surface area contributed by atoms with Gasteiger partial charge in [0.1, 0.15) is 0 Å². The summed E-state index contributed by atoms with van der Waals surface area (Å²) in [6, 6.07) is 6.31. The minimum Gasteiger partial charge on any atom is -0.223 e. The Kier molecular flexibility index (Phi) is 2.12. The summed E-state index contributed by atoms with van der Waals surface area (Å²) in [6.07, 6.45) is 0. The van der Waals surface area contributed by atoms with E-state index in [2.05, 4.69) is 0 Å². The summed E-state index contributed by atoms with van der Waals surface area (Å²) in [5.41, 5.74) is 0. The molecule has 3 heteroatoms. The van der Waals surface area contributed by atoms with Gasteiger partial charge in [0.05, 0.1) is 11.0 Å². The Morgan fingerprint density at radius 2 is 1.85 bits per heavy atom. The van der Waals surface area contributed by atoms with Gasteiger partial charge in [-0.2, -0.15) is 0 Å². The number of hydrogen-bond acceptors (Lipinski definition) is 2. The third kappa shape index (κ3) is 1.91. The monoisotopic (exact) mass is 199 g/mol. The fourth-order valence-electron chi connectivity index (χ4n) is 0.874. The van der Waals surface area contributed by atoms with Crippen molar-refractivity contribution in [1.82, 2.24) is 0 Å². The third-order valence-corrected chi connectivity index (χ3v) is 4.22. The first kappa shape index (κ1) is 8.75. The van der Waals surface area contributed by atoms with Crippen LogP contribution >= 0.6 is 0 Å². The van der Waals surface area contributed by atoms with Crippen LogP contribution < -0.4 is 0 Å². The quantitative estimate of drug-likeness (QED) is 0.695. The number of rotatable bonds is 1. The SMILES string of the molecule is [2H]c1ccccc1S(=O)(=O)C(C)(C)C. The van der Waals surface area contributed by atoms with Crippen LogP contribution in [0.25, 0.3) is 0 Å². The van der Waals surface area contributed by atoms with Gasteiger partial charge in [0.2, 0.25) is 0 Å². The van der Waals surface area contributed by atoms with Crippen LogP contribution in [0.3, 0.4) is 0 Å². The zero-order valence-electron chi connectivity index (χ0n) is 9.03. The summed E-state index contributed by atoms with van der Waals surface area (Å²) in [7, 11) is -3.39. The van der Waals surface area contributed by atoms with Crippen molar-refractivity contribution in [2.45, 2.75) is 30.4 Å². The van der Waals surface area contributed by atoms with Gasteiger partial charge in [0.15, 0.2) is 9.84 Å². The van der Waals surface area contributed by atoms with E-state index in [9.17, 15) is 8.42 Å². The Hall–Kier alpha value is -0.830.